The Hall–Kier alpha value is -2.23. The van der Waals surface area contributed by atoms with Crippen molar-refractivity contribution in [1.82, 2.24) is 9.73 Å². The summed E-state index contributed by atoms with van der Waals surface area (Å²) < 4.78 is 32.2. The van der Waals surface area contributed by atoms with Crippen molar-refractivity contribution >= 4 is 38.1 Å². The maximum atomic E-state index is 12.6. The molecule has 2 aromatic carbocycles. The Morgan fingerprint density at radius 3 is 2.67 bits per heavy atom. The van der Waals surface area contributed by atoms with E-state index in [-0.39, 0.29) is 11.4 Å². The van der Waals surface area contributed by atoms with E-state index in [1.54, 1.807) is 13.0 Å². The number of carbonyl (C=O) groups excluding carboxylic acids is 1. The van der Waals surface area contributed by atoms with Crippen molar-refractivity contribution in [2.75, 3.05) is 20.7 Å². The van der Waals surface area contributed by atoms with Crippen LogP contribution in [0.15, 0.2) is 56.9 Å². The van der Waals surface area contributed by atoms with Gasteiger partial charge in [-0.05, 0) is 48.4 Å². The first-order valence-electron chi connectivity index (χ1n) is 7.92. The predicted molar refractivity (Wildman–Crippen MR) is 107 cm³/mol. The lowest BCUT2D eigenvalue weighted by atomic mass is 10.2. The number of hydrogen-bond donors (Lipinski definition) is 1. The summed E-state index contributed by atoms with van der Waals surface area (Å²) in [4.78, 5) is 12.1. The fourth-order valence-corrected chi connectivity index (χ4v) is 3.91. The van der Waals surface area contributed by atoms with Crippen LogP contribution in [0.5, 0.6) is 5.75 Å². The van der Waals surface area contributed by atoms with E-state index in [4.69, 9.17) is 4.74 Å². The van der Waals surface area contributed by atoms with Crippen molar-refractivity contribution in [1.29, 1.82) is 0 Å². The molecule has 0 saturated carbocycles. The van der Waals surface area contributed by atoms with Crippen LogP contribution in [0.2, 0.25) is 0 Å². The van der Waals surface area contributed by atoms with Crippen LogP contribution in [0.25, 0.3) is 0 Å². The molecule has 0 aromatic heterocycles. The molecule has 0 bridgehead atoms. The average molecular weight is 454 g/mol. The van der Waals surface area contributed by atoms with Gasteiger partial charge in [-0.1, -0.05) is 28.1 Å². The van der Waals surface area contributed by atoms with Crippen LogP contribution in [0, 0.1) is 6.92 Å². The quantitative estimate of drug-likeness (QED) is 0.515. The van der Waals surface area contributed by atoms with Crippen LogP contribution in [0.3, 0.4) is 0 Å². The molecule has 1 N–H and O–H groups in total. The summed E-state index contributed by atoms with van der Waals surface area (Å²) in [7, 11) is -0.950. The molecular weight excluding hydrogens is 434 g/mol. The zero-order valence-corrected chi connectivity index (χ0v) is 17.5. The van der Waals surface area contributed by atoms with E-state index in [0.29, 0.717) is 11.3 Å². The molecule has 0 radical (unpaired) electrons. The second-order valence-corrected chi connectivity index (χ2v) is 8.70. The van der Waals surface area contributed by atoms with E-state index in [1.165, 1.54) is 32.5 Å². The number of carbonyl (C=O) groups is 1. The first-order chi connectivity index (χ1) is 12.7. The highest BCUT2D eigenvalue weighted by Gasteiger charge is 2.23. The third-order valence-electron chi connectivity index (χ3n) is 3.69. The van der Waals surface area contributed by atoms with Gasteiger partial charge in [0.25, 0.3) is 5.91 Å². The highest BCUT2D eigenvalue weighted by molar-refractivity contribution is 9.10. The van der Waals surface area contributed by atoms with Gasteiger partial charge in [0.15, 0.2) is 0 Å². The number of amides is 1. The van der Waals surface area contributed by atoms with Crippen molar-refractivity contribution in [2.24, 2.45) is 5.10 Å². The number of halogens is 1. The van der Waals surface area contributed by atoms with Gasteiger partial charge in [0, 0.05) is 11.5 Å². The Kier molecular flexibility index (Phi) is 7.11. The molecule has 2 rings (SSSR count). The summed E-state index contributed by atoms with van der Waals surface area (Å²) in [6, 6.07) is 11.9. The fourth-order valence-electron chi connectivity index (χ4n) is 2.28. The number of hydrogen-bond acceptors (Lipinski definition) is 5. The number of benzene rings is 2. The minimum absolute atomic E-state index is 0.0914. The first-order valence-corrected chi connectivity index (χ1v) is 10.2. The fraction of sp³-hybridized carbons (Fsp3) is 0.222. The molecule has 0 atom stereocenters. The molecular formula is C18H20BrN3O4S. The number of nitrogens with one attached hydrogen (secondary N) is 1. The molecule has 7 nitrogen and oxygen atoms in total. The van der Waals surface area contributed by atoms with Gasteiger partial charge in [-0.25, -0.2) is 13.8 Å². The van der Waals surface area contributed by atoms with Crippen LogP contribution >= 0.6 is 15.9 Å². The molecule has 0 aliphatic rings. The Bertz CT molecular complexity index is 961. The van der Waals surface area contributed by atoms with Gasteiger partial charge in [0.1, 0.15) is 5.75 Å². The topological polar surface area (TPSA) is 88.1 Å². The molecule has 0 spiro atoms. The molecule has 0 heterocycles. The summed E-state index contributed by atoms with van der Waals surface area (Å²) in [5, 5.41) is 3.84. The van der Waals surface area contributed by atoms with E-state index in [0.717, 1.165) is 14.3 Å². The zero-order chi connectivity index (χ0) is 20.0. The summed E-state index contributed by atoms with van der Waals surface area (Å²) in [5.41, 5.74) is 3.80. The highest BCUT2D eigenvalue weighted by atomic mass is 79.9. The lowest BCUT2D eigenvalue weighted by Crippen LogP contribution is -2.36. The normalized spacial score (nSPS) is 11.7. The Balaban J connectivity index is 2.01. The molecule has 144 valence electrons. The number of methoxy groups -OCH3 is 1. The lowest BCUT2D eigenvalue weighted by molar-refractivity contribution is -0.121. The molecule has 0 saturated heterocycles. The lowest BCUT2D eigenvalue weighted by Gasteiger charge is -2.17. The molecule has 1 amide bonds. The van der Waals surface area contributed by atoms with Crippen LogP contribution in [0.1, 0.15) is 11.1 Å². The number of sulfonamides is 1. The molecule has 0 fully saturated rings. The SMILES string of the molecule is COc1ccc(S(=O)(=O)N(C)CC(=O)N/N=C\c2cccc(Br)c2)cc1C. The molecule has 27 heavy (non-hydrogen) atoms. The van der Waals surface area contributed by atoms with Crippen LogP contribution in [-0.4, -0.2) is 45.5 Å². The minimum Gasteiger partial charge on any atom is -0.496 e. The van der Waals surface area contributed by atoms with Crippen molar-refractivity contribution in [3.63, 3.8) is 0 Å². The van der Waals surface area contributed by atoms with Gasteiger partial charge in [-0.15, -0.1) is 0 Å². The van der Waals surface area contributed by atoms with Crippen molar-refractivity contribution in [2.45, 2.75) is 11.8 Å². The van der Waals surface area contributed by atoms with E-state index in [1.807, 2.05) is 24.3 Å². The van der Waals surface area contributed by atoms with E-state index >= 15 is 0 Å². The molecule has 0 unspecified atom stereocenters. The molecule has 0 aliphatic heterocycles. The third-order valence-corrected chi connectivity index (χ3v) is 5.98. The van der Waals surface area contributed by atoms with Crippen molar-refractivity contribution < 1.29 is 17.9 Å². The zero-order valence-electron chi connectivity index (χ0n) is 15.1. The number of nitrogens with zero attached hydrogens (tertiary/aromatic N) is 2. The van der Waals surface area contributed by atoms with Gasteiger partial charge >= 0.3 is 0 Å². The molecule has 9 heteroatoms. The van der Waals surface area contributed by atoms with E-state index in [9.17, 15) is 13.2 Å². The summed E-state index contributed by atoms with van der Waals surface area (Å²) in [5.74, 6) is 0.0498. The van der Waals surface area contributed by atoms with Crippen molar-refractivity contribution in [3.05, 3.63) is 58.1 Å². The maximum Gasteiger partial charge on any atom is 0.255 e. The second-order valence-electron chi connectivity index (χ2n) is 5.74. The van der Waals surface area contributed by atoms with Gasteiger partial charge < -0.3 is 4.74 Å². The minimum atomic E-state index is -3.81. The smallest absolute Gasteiger partial charge is 0.255 e. The van der Waals surface area contributed by atoms with Crippen LogP contribution < -0.4 is 10.2 Å². The van der Waals surface area contributed by atoms with Gasteiger partial charge in [0.05, 0.1) is 24.8 Å². The Morgan fingerprint density at radius 2 is 2.04 bits per heavy atom. The van der Waals surface area contributed by atoms with E-state index < -0.39 is 15.9 Å². The number of hydrazone groups is 1. The number of ether oxygens (including phenoxy) is 1. The third kappa shape index (κ3) is 5.62. The number of likely N-dealkylation sites (N-methyl/N-ethyl adjacent to an activating group) is 1. The van der Waals surface area contributed by atoms with Crippen LogP contribution in [-0.2, 0) is 14.8 Å². The second kappa shape index (κ2) is 9.12. The summed E-state index contributed by atoms with van der Waals surface area (Å²) >= 11 is 3.34. The average Bonchev–Trinajstić information content (AvgIpc) is 2.61. The van der Waals surface area contributed by atoms with Gasteiger partial charge in [-0.3, -0.25) is 4.79 Å². The van der Waals surface area contributed by atoms with Crippen LogP contribution in [0.4, 0.5) is 0 Å². The Morgan fingerprint density at radius 1 is 1.30 bits per heavy atom. The summed E-state index contributed by atoms with van der Waals surface area (Å²) in [6.07, 6.45) is 1.48. The highest BCUT2D eigenvalue weighted by Crippen LogP contribution is 2.23. The molecule has 2 aromatic rings. The monoisotopic (exact) mass is 453 g/mol. The summed E-state index contributed by atoms with van der Waals surface area (Å²) in [6.45, 7) is 1.39. The van der Waals surface area contributed by atoms with Crippen molar-refractivity contribution in [3.8, 4) is 5.75 Å². The molecule has 0 aliphatic carbocycles. The number of rotatable bonds is 7. The van der Waals surface area contributed by atoms with Gasteiger partial charge in [-0.2, -0.15) is 9.41 Å². The predicted octanol–water partition coefficient (Wildman–Crippen LogP) is 2.54. The Labute approximate surface area is 167 Å². The first kappa shape index (κ1) is 21.1. The van der Waals surface area contributed by atoms with Gasteiger partial charge in [0.2, 0.25) is 10.0 Å². The maximum absolute atomic E-state index is 12.6. The largest absolute Gasteiger partial charge is 0.496 e. The van der Waals surface area contributed by atoms with E-state index in [2.05, 4.69) is 26.5 Å². The standard InChI is InChI=1S/C18H20BrN3O4S/c1-13-9-16(7-8-17(13)26-3)27(24,25)22(2)12-18(23)21-20-11-14-5-4-6-15(19)10-14/h4-11H,12H2,1-3H3,(H,21,23)/b20-11-. The number of aryl methyl sites for hydroxylation is 1.